The van der Waals surface area contributed by atoms with E-state index in [1.165, 1.54) is 0 Å². The molecule has 0 spiro atoms. The van der Waals surface area contributed by atoms with Gasteiger partial charge in [-0.3, -0.25) is 9.59 Å². The first kappa shape index (κ1) is 18.4. The average Bonchev–Trinajstić information content (AvgIpc) is 3.29. The van der Waals surface area contributed by atoms with Crippen LogP contribution in [0.1, 0.15) is 42.6 Å². The smallest absolute Gasteiger partial charge is 0.291 e. The molecule has 1 aromatic heterocycles. The van der Waals surface area contributed by atoms with Crippen molar-refractivity contribution in [3.05, 3.63) is 11.6 Å². The number of fused-ring (bicyclic) bond motifs is 2. The van der Waals surface area contributed by atoms with Crippen LogP contribution in [0.25, 0.3) is 0 Å². The van der Waals surface area contributed by atoms with Gasteiger partial charge < -0.3 is 19.3 Å². The minimum absolute atomic E-state index is 0.00320. The molecule has 148 valence electrons. The van der Waals surface area contributed by atoms with Crippen molar-refractivity contribution in [3.8, 4) is 0 Å². The lowest BCUT2D eigenvalue weighted by atomic mass is 9.80. The zero-order chi connectivity index (χ0) is 19.2. The highest BCUT2D eigenvalue weighted by atomic mass is 16.2. The van der Waals surface area contributed by atoms with Crippen LogP contribution in [-0.2, 0) is 17.8 Å². The molecule has 2 fully saturated rings. The Hall–Kier alpha value is -1.96. The SMILES string of the molecule is CCC(=O)N1C[C@@H]2CN(C(=O)c3nnc4n3CCCC4)C[C@]2(CN(C)C)C1. The minimum atomic E-state index is -0.0469. The maximum atomic E-state index is 13.2. The van der Waals surface area contributed by atoms with Crippen LogP contribution in [0.15, 0.2) is 0 Å². The van der Waals surface area contributed by atoms with Crippen molar-refractivity contribution in [2.24, 2.45) is 11.3 Å². The van der Waals surface area contributed by atoms with Crippen molar-refractivity contribution < 1.29 is 9.59 Å². The number of likely N-dealkylation sites (tertiary alicyclic amines) is 2. The number of hydrogen-bond donors (Lipinski definition) is 0. The molecule has 0 bridgehead atoms. The summed E-state index contributed by atoms with van der Waals surface area (Å²) in [5.74, 6) is 1.96. The molecule has 3 aliphatic rings. The third-order valence-electron chi connectivity index (χ3n) is 6.38. The molecule has 3 aliphatic heterocycles. The maximum absolute atomic E-state index is 13.2. The van der Waals surface area contributed by atoms with Gasteiger partial charge in [-0.2, -0.15) is 0 Å². The van der Waals surface area contributed by atoms with Crippen molar-refractivity contribution in [2.75, 3.05) is 46.8 Å². The Morgan fingerprint density at radius 2 is 1.89 bits per heavy atom. The first-order valence-electron chi connectivity index (χ1n) is 10.1. The van der Waals surface area contributed by atoms with Gasteiger partial charge in [-0.25, -0.2) is 0 Å². The fourth-order valence-electron chi connectivity index (χ4n) is 5.21. The number of carbonyl (C=O) groups excluding carboxylic acids is 2. The lowest BCUT2D eigenvalue weighted by molar-refractivity contribution is -0.130. The molecule has 0 N–H and O–H groups in total. The van der Waals surface area contributed by atoms with Crippen LogP contribution < -0.4 is 0 Å². The highest BCUT2D eigenvalue weighted by Crippen LogP contribution is 2.43. The third-order valence-corrected chi connectivity index (χ3v) is 6.38. The number of carbonyl (C=O) groups is 2. The summed E-state index contributed by atoms with van der Waals surface area (Å²) >= 11 is 0. The Labute approximate surface area is 160 Å². The van der Waals surface area contributed by atoms with E-state index in [0.717, 1.165) is 51.3 Å². The molecule has 0 saturated carbocycles. The Balaban J connectivity index is 1.55. The van der Waals surface area contributed by atoms with Gasteiger partial charge in [0.25, 0.3) is 5.91 Å². The van der Waals surface area contributed by atoms with E-state index >= 15 is 0 Å². The van der Waals surface area contributed by atoms with Crippen LogP contribution in [0.2, 0.25) is 0 Å². The highest BCUT2D eigenvalue weighted by Gasteiger charge is 2.54. The van der Waals surface area contributed by atoms with Crippen LogP contribution in [0.5, 0.6) is 0 Å². The molecular formula is C19H30N6O2. The number of rotatable bonds is 4. The summed E-state index contributed by atoms with van der Waals surface area (Å²) in [4.78, 5) is 31.6. The predicted molar refractivity (Wildman–Crippen MR) is 100 cm³/mol. The summed E-state index contributed by atoms with van der Waals surface area (Å²) in [7, 11) is 4.13. The Morgan fingerprint density at radius 1 is 1.15 bits per heavy atom. The Morgan fingerprint density at radius 3 is 2.63 bits per heavy atom. The normalized spacial score (nSPS) is 27.2. The molecule has 8 heteroatoms. The van der Waals surface area contributed by atoms with E-state index in [2.05, 4.69) is 29.2 Å². The van der Waals surface area contributed by atoms with Crippen molar-refractivity contribution in [1.82, 2.24) is 29.5 Å². The summed E-state index contributed by atoms with van der Waals surface area (Å²) in [5.41, 5.74) is -0.0469. The van der Waals surface area contributed by atoms with Crippen molar-refractivity contribution in [3.63, 3.8) is 0 Å². The molecule has 0 unspecified atom stereocenters. The Bertz CT molecular complexity index is 745. The second kappa shape index (κ2) is 6.89. The predicted octanol–water partition coefficient (Wildman–Crippen LogP) is 0.487. The molecule has 4 heterocycles. The number of hydrogen-bond acceptors (Lipinski definition) is 5. The molecular weight excluding hydrogens is 344 g/mol. The second-order valence-electron chi connectivity index (χ2n) is 8.66. The number of aromatic nitrogens is 3. The van der Waals surface area contributed by atoms with Crippen molar-refractivity contribution in [2.45, 2.75) is 39.2 Å². The first-order valence-corrected chi connectivity index (χ1v) is 10.1. The molecule has 0 aromatic carbocycles. The van der Waals surface area contributed by atoms with E-state index in [1.54, 1.807) is 0 Å². The topological polar surface area (TPSA) is 74.6 Å². The summed E-state index contributed by atoms with van der Waals surface area (Å²) in [6.45, 7) is 6.51. The molecule has 1 aromatic rings. The van der Waals surface area contributed by atoms with Gasteiger partial charge >= 0.3 is 0 Å². The summed E-state index contributed by atoms with van der Waals surface area (Å²) in [6, 6.07) is 0. The van der Waals surface area contributed by atoms with Gasteiger partial charge in [0.1, 0.15) is 5.82 Å². The maximum Gasteiger partial charge on any atom is 0.291 e. The van der Waals surface area contributed by atoms with Crippen LogP contribution in [0.3, 0.4) is 0 Å². The summed E-state index contributed by atoms with van der Waals surface area (Å²) in [5, 5.41) is 8.46. The third kappa shape index (κ3) is 3.13. The summed E-state index contributed by atoms with van der Waals surface area (Å²) in [6.07, 6.45) is 3.64. The van der Waals surface area contributed by atoms with E-state index < -0.39 is 0 Å². The monoisotopic (exact) mass is 374 g/mol. The fourth-order valence-corrected chi connectivity index (χ4v) is 5.21. The van der Waals surface area contributed by atoms with E-state index in [1.807, 2.05) is 21.3 Å². The highest BCUT2D eigenvalue weighted by molar-refractivity contribution is 5.91. The number of aryl methyl sites for hydroxylation is 1. The van der Waals surface area contributed by atoms with Gasteiger partial charge in [0.2, 0.25) is 11.7 Å². The molecule has 2 atom stereocenters. The minimum Gasteiger partial charge on any atom is -0.342 e. The van der Waals surface area contributed by atoms with E-state index in [-0.39, 0.29) is 17.2 Å². The Kier molecular flexibility index (Phi) is 4.70. The second-order valence-corrected chi connectivity index (χ2v) is 8.66. The quantitative estimate of drug-likeness (QED) is 0.767. The average molecular weight is 374 g/mol. The van der Waals surface area contributed by atoms with E-state index in [9.17, 15) is 9.59 Å². The van der Waals surface area contributed by atoms with Crippen molar-refractivity contribution in [1.29, 1.82) is 0 Å². The van der Waals surface area contributed by atoms with Gasteiger partial charge in [0.15, 0.2) is 0 Å². The largest absolute Gasteiger partial charge is 0.342 e. The molecule has 2 amide bonds. The molecule has 0 radical (unpaired) electrons. The molecule has 2 saturated heterocycles. The van der Waals surface area contributed by atoms with Crippen LogP contribution in [-0.4, -0.2) is 88.1 Å². The van der Waals surface area contributed by atoms with E-state index in [4.69, 9.17) is 0 Å². The zero-order valence-electron chi connectivity index (χ0n) is 16.6. The lowest BCUT2D eigenvalue weighted by Gasteiger charge is -2.32. The van der Waals surface area contributed by atoms with Crippen LogP contribution >= 0.6 is 0 Å². The first-order chi connectivity index (χ1) is 12.9. The van der Waals surface area contributed by atoms with Gasteiger partial charge in [-0.1, -0.05) is 6.92 Å². The number of nitrogens with zero attached hydrogens (tertiary/aromatic N) is 6. The summed E-state index contributed by atoms with van der Waals surface area (Å²) < 4.78 is 2.01. The standard InChI is InChI=1S/C19H30N6O2/c1-4-16(26)23-9-14-10-24(13-19(14,12-23)11-22(2)3)18(27)17-21-20-15-7-5-6-8-25(15)17/h14H,4-13H2,1-3H3/t14-,19+/m1/s1. The molecule has 0 aliphatic carbocycles. The van der Waals surface area contributed by atoms with Crippen LogP contribution in [0.4, 0.5) is 0 Å². The lowest BCUT2D eigenvalue weighted by Crippen LogP contribution is -2.44. The van der Waals surface area contributed by atoms with Gasteiger partial charge in [-0.15, -0.1) is 10.2 Å². The van der Waals surface area contributed by atoms with Gasteiger partial charge in [-0.05, 0) is 26.9 Å². The zero-order valence-corrected chi connectivity index (χ0v) is 16.6. The molecule has 8 nitrogen and oxygen atoms in total. The fraction of sp³-hybridized carbons (Fsp3) is 0.789. The molecule has 27 heavy (non-hydrogen) atoms. The van der Waals surface area contributed by atoms with Gasteiger partial charge in [0, 0.05) is 63.4 Å². The van der Waals surface area contributed by atoms with Crippen molar-refractivity contribution >= 4 is 11.8 Å². The van der Waals surface area contributed by atoms with Gasteiger partial charge in [0.05, 0.1) is 0 Å². The number of amides is 2. The van der Waals surface area contributed by atoms with Crippen LogP contribution in [0, 0.1) is 11.3 Å². The molecule has 4 rings (SSSR count). The van der Waals surface area contributed by atoms with E-state index in [0.29, 0.717) is 31.3 Å².